The summed E-state index contributed by atoms with van der Waals surface area (Å²) >= 11 is 3.44. The Morgan fingerprint density at radius 2 is 1.36 bits per heavy atom. The minimum Gasteiger partial charge on any atom is -0.857 e. The number of Topliss-reactive ketones (excluding diaryl/α,β-unsaturated/α-hetero) is 1. The number of nitrogens with one attached hydrogen (secondary N) is 1. The molecular weight excluding hydrogens is 766 g/mol. The lowest BCUT2D eigenvalue weighted by atomic mass is 10.1. The van der Waals surface area contributed by atoms with Gasteiger partial charge in [-0.05, 0) is 61.9 Å². The summed E-state index contributed by atoms with van der Waals surface area (Å²) in [6.45, 7) is 3.41. The summed E-state index contributed by atoms with van der Waals surface area (Å²) in [5.41, 5.74) is 3.30. The Labute approximate surface area is 324 Å². The number of fused-ring (bicyclic) bond motifs is 1. The molecule has 0 aliphatic carbocycles. The molecule has 0 saturated carbocycles. The van der Waals surface area contributed by atoms with E-state index in [1.165, 1.54) is 4.90 Å². The number of rotatable bonds is 9. The predicted molar refractivity (Wildman–Crippen MR) is 206 cm³/mol. The van der Waals surface area contributed by atoms with Crippen molar-refractivity contribution in [2.24, 2.45) is 0 Å². The van der Waals surface area contributed by atoms with Crippen molar-refractivity contribution in [1.29, 1.82) is 0 Å². The van der Waals surface area contributed by atoms with Crippen LogP contribution in [0.15, 0.2) is 94.2 Å². The molecule has 2 fully saturated rings. The minimum atomic E-state index is -0.595. The smallest absolute Gasteiger partial charge is 0.410 e. The number of ketones is 1. The van der Waals surface area contributed by atoms with Crippen molar-refractivity contribution in [3.63, 3.8) is 0 Å². The fourth-order valence-electron chi connectivity index (χ4n) is 6.13. The maximum atomic E-state index is 12.6. The Hall–Kier alpha value is -4.66. The molecule has 4 aromatic rings. The molecule has 0 bridgehead atoms. The van der Waals surface area contributed by atoms with Gasteiger partial charge < -0.3 is 24.3 Å². The van der Waals surface area contributed by atoms with Crippen molar-refractivity contribution in [3.05, 3.63) is 116 Å². The first kappa shape index (κ1) is 42.8. The van der Waals surface area contributed by atoms with Crippen LogP contribution >= 0.6 is 29.4 Å². The number of H-pyrrole nitrogens is 1. The molecule has 2 aliphatic heterocycles. The molecule has 3 aromatic carbocycles. The van der Waals surface area contributed by atoms with E-state index in [0.717, 1.165) is 53.2 Å². The predicted octanol–water partition coefficient (Wildman–Crippen LogP) is 6.16. The second kappa shape index (κ2) is 21.8. The van der Waals surface area contributed by atoms with Crippen molar-refractivity contribution in [1.82, 2.24) is 14.8 Å². The first-order valence-corrected chi connectivity index (χ1v) is 17.9. The fourth-order valence-corrected chi connectivity index (χ4v) is 6.49. The molecule has 0 radical (unpaired) electrons. The first-order valence-electron chi connectivity index (χ1n) is 17.1. The van der Waals surface area contributed by atoms with Gasteiger partial charge in [-0.15, -0.1) is 0 Å². The third-order valence-electron chi connectivity index (χ3n) is 8.55. The van der Waals surface area contributed by atoms with Crippen molar-refractivity contribution < 1.29 is 38.5 Å². The Bertz CT molecular complexity index is 1860. The molecule has 2 amide bonds. The van der Waals surface area contributed by atoms with Gasteiger partial charge >= 0.3 is 18.2 Å². The summed E-state index contributed by atoms with van der Waals surface area (Å²) in [5, 5.41) is 8.89. The molecule has 2 saturated heterocycles. The van der Waals surface area contributed by atoms with Crippen LogP contribution in [0.3, 0.4) is 0 Å². The second-order valence-electron chi connectivity index (χ2n) is 12.0. The van der Waals surface area contributed by atoms with Crippen LogP contribution in [0.4, 0.5) is 9.59 Å². The molecule has 284 valence electrons. The normalized spacial score (nSPS) is 15.9. The highest BCUT2D eigenvalue weighted by atomic mass is 79.9. The van der Waals surface area contributed by atoms with Crippen LogP contribution in [-0.2, 0) is 37.0 Å². The number of nitrogens with zero attached hydrogens (tertiary/aromatic N) is 2. The van der Waals surface area contributed by atoms with E-state index in [4.69, 9.17) is 19.3 Å². The van der Waals surface area contributed by atoms with E-state index in [-0.39, 0.29) is 63.1 Å². The van der Waals surface area contributed by atoms with Gasteiger partial charge in [0.25, 0.3) is 0 Å². The topological polar surface area (TPSA) is 158 Å². The lowest BCUT2D eigenvalue weighted by Gasteiger charge is -2.24. The molecule has 12 nitrogen and oxygen atoms in total. The molecule has 2 aliphatic rings. The van der Waals surface area contributed by atoms with Gasteiger partial charge in [-0.3, -0.25) is 24.2 Å². The zero-order chi connectivity index (χ0) is 37.5. The number of pyridine rings is 1. The second-order valence-corrected chi connectivity index (χ2v) is 12.9. The molecule has 1 aromatic heterocycles. The Kier molecular flexibility index (Phi) is 17.6. The Balaban J connectivity index is 0.000000271. The number of halogens is 1. The van der Waals surface area contributed by atoms with Crippen LogP contribution in [0.25, 0.3) is 10.9 Å². The van der Waals surface area contributed by atoms with Crippen LogP contribution in [0.1, 0.15) is 61.9 Å². The van der Waals surface area contributed by atoms with E-state index in [1.807, 2.05) is 72.8 Å². The molecular formula is C39H45BrN3O9S-. The van der Waals surface area contributed by atoms with Crippen molar-refractivity contribution in [3.8, 4) is 0 Å². The van der Waals surface area contributed by atoms with Gasteiger partial charge in [-0.2, -0.15) is 20.6 Å². The lowest BCUT2D eigenvalue weighted by Crippen LogP contribution is -2.41. The van der Waals surface area contributed by atoms with E-state index in [1.54, 1.807) is 24.0 Å². The maximum Gasteiger partial charge on any atom is 0.410 e. The number of carbonyl (C=O) groups is 4. The van der Waals surface area contributed by atoms with Crippen LogP contribution in [0, 0.1) is 0 Å². The van der Waals surface area contributed by atoms with Gasteiger partial charge in [0.05, 0.1) is 24.2 Å². The number of amides is 2. The van der Waals surface area contributed by atoms with Gasteiger partial charge in [0, 0.05) is 34.7 Å². The summed E-state index contributed by atoms with van der Waals surface area (Å²) in [4.78, 5) is 67.3. The number of hydrogen-bond acceptors (Lipinski definition) is 9. The zero-order valence-electron chi connectivity index (χ0n) is 29.8. The third-order valence-corrected chi connectivity index (χ3v) is 9.05. The number of benzene rings is 3. The summed E-state index contributed by atoms with van der Waals surface area (Å²) in [6, 6.07) is 25.3. The number of aromatic nitrogens is 1. The Morgan fingerprint density at radius 1 is 0.792 bits per heavy atom. The quantitative estimate of drug-likeness (QED) is 0.119. The number of carbonyl (C=O) groups excluding carboxylic acids is 4. The molecule has 1 N–H and O–H groups in total. The molecule has 14 heteroatoms. The maximum absolute atomic E-state index is 12.6. The van der Waals surface area contributed by atoms with E-state index in [2.05, 4.69) is 20.9 Å². The standard InChI is InChI=1S/C21H19BrN2O3.C17H21NO5.CH3O.H2S/c22-15-8-9-16-17(11-15)23-18(12-20(16)25)19-7-4-10-24(19)21(26)27-13-14-5-2-1-3-6-14;1-2-22-16(20)11-15(19)14-9-6-10-18(14)17(21)23-12-13-7-4-3-5-8-13;1-2;/h1-3,5-6,8-9,11-12,19H,4,7,10,13H2,(H,23,25);3-5,7-8,14H,2,6,9-12H2,1H3;1H3;1H2/q;;-1;/t;14-;;/m.0../s1. The summed E-state index contributed by atoms with van der Waals surface area (Å²) in [5.74, 6) is -0.848. The van der Waals surface area contributed by atoms with Gasteiger partial charge in [0.2, 0.25) is 0 Å². The summed E-state index contributed by atoms with van der Waals surface area (Å²) < 4.78 is 16.4. The largest absolute Gasteiger partial charge is 0.857 e. The minimum absolute atomic E-state index is 0. The number of hydrogen-bond donors (Lipinski definition) is 1. The van der Waals surface area contributed by atoms with E-state index < -0.39 is 18.1 Å². The van der Waals surface area contributed by atoms with Gasteiger partial charge in [0.1, 0.15) is 19.6 Å². The van der Waals surface area contributed by atoms with E-state index >= 15 is 0 Å². The molecule has 6 rings (SSSR count). The average Bonchev–Trinajstić information content (AvgIpc) is 3.86. The molecule has 1 unspecified atom stereocenters. The summed E-state index contributed by atoms with van der Waals surface area (Å²) in [7, 11) is 0.750. The van der Waals surface area contributed by atoms with Crippen LogP contribution in [0.5, 0.6) is 0 Å². The van der Waals surface area contributed by atoms with Crippen LogP contribution in [-0.4, -0.2) is 71.6 Å². The SMILES string of the molecule is CCOC(=O)CC(=O)[C@@H]1CCCN1C(=O)OCc1ccccc1.C[O-].O=C(OCc1ccccc1)N1CCCC1c1cc(=O)c2ccc(Br)cc2[nH]1.S. The third kappa shape index (κ3) is 12.2. The number of aromatic amines is 1. The average molecular weight is 812 g/mol. The van der Waals surface area contributed by atoms with Crippen molar-refractivity contribution in [2.45, 2.75) is 64.3 Å². The highest BCUT2D eigenvalue weighted by Gasteiger charge is 2.36. The van der Waals surface area contributed by atoms with E-state index in [0.29, 0.717) is 24.9 Å². The zero-order valence-corrected chi connectivity index (χ0v) is 32.3. The number of ether oxygens (including phenoxy) is 3. The van der Waals surface area contributed by atoms with Gasteiger partial charge in [0.15, 0.2) is 11.2 Å². The van der Waals surface area contributed by atoms with Gasteiger partial charge in [-0.25, -0.2) is 9.59 Å². The van der Waals surface area contributed by atoms with Gasteiger partial charge in [-0.1, -0.05) is 76.6 Å². The lowest BCUT2D eigenvalue weighted by molar-refractivity contribution is -0.325. The molecule has 53 heavy (non-hydrogen) atoms. The number of likely N-dealkylation sites (tertiary alicyclic amines) is 2. The van der Waals surface area contributed by atoms with E-state index in [9.17, 15) is 24.0 Å². The summed E-state index contributed by atoms with van der Waals surface area (Å²) in [6.07, 6.45) is 1.78. The molecule has 3 heterocycles. The molecule has 0 spiro atoms. The highest BCUT2D eigenvalue weighted by molar-refractivity contribution is 9.10. The Morgan fingerprint density at radius 3 is 1.96 bits per heavy atom. The fraction of sp³-hybridized carbons (Fsp3) is 0.359. The van der Waals surface area contributed by atoms with Crippen molar-refractivity contribution >= 4 is 64.3 Å². The van der Waals surface area contributed by atoms with Crippen LogP contribution in [0.2, 0.25) is 0 Å². The van der Waals surface area contributed by atoms with Crippen LogP contribution < -0.4 is 10.5 Å². The first-order chi connectivity index (χ1) is 25.2. The van der Waals surface area contributed by atoms with Crippen molar-refractivity contribution in [2.75, 3.05) is 26.8 Å². The monoisotopic (exact) mass is 810 g/mol. The number of esters is 1. The highest BCUT2D eigenvalue weighted by Crippen LogP contribution is 2.32. The molecule has 2 atom stereocenters.